The summed E-state index contributed by atoms with van der Waals surface area (Å²) >= 11 is 0. The minimum atomic E-state index is -0.513. The van der Waals surface area contributed by atoms with E-state index in [1.165, 1.54) is 0 Å². The van der Waals surface area contributed by atoms with Crippen molar-refractivity contribution in [1.29, 1.82) is 0 Å². The fraction of sp³-hybridized carbons (Fsp3) is 0.909. The van der Waals surface area contributed by atoms with Gasteiger partial charge in [-0.25, -0.2) is 0 Å². The first kappa shape index (κ1) is 12.5. The zero-order valence-corrected chi connectivity index (χ0v) is 9.75. The summed E-state index contributed by atoms with van der Waals surface area (Å²) in [5.74, 6) is 0.126. The van der Waals surface area contributed by atoms with Crippen molar-refractivity contribution in [2.75, 3.05) is 27.2 Å². The lowest BCUT2D eigenvalue weighted by atomic mass is 10.0. The smallest absolute Gasteiger partial charge is 0.223 e. The maximum atomic E-state index is 11.2. The molecule has 1 aliphatic carbocycles. The first-order valence-electron chi connectivity index (χ1n) is 5.67. The zero-order chi connectivity index (χ0) is 11.3. The third-order valence-electron chi connectivity index (χ3n) is 3.00. The Balaban J connectivity index is 2.08. The highest BCUT2D eigenvalue weighted by Crippen LogP contribution is 2.28. The van der Waals surface area contributed by atoms with E-state index in [-0.39, 0.29) is 5.91 Å². The Morgan fingerprint density at radius 2 is 2.00 bits per heavy atom. The molecule has 0 atom stereocenters. The standard InChI is InChI=1S/C11H22N2O2/c1-13(2)10(14)5-8-12-9-11(15)6-3-4-7-11/h12,15H,3-9H2,1-2H3. The number of amides is 1. The molecule has 0 bridgehead atoms. The van der Waals surface area contributed by atoms with Gasteiger partial charge in [0, 0.05) is 33.6 Å². The molecule has 2 N–H and O–H groups in total. The van der Waals surface area contributed by atoms with Gasteiger partial charge in [0.05, 0.1) is 5.60 Å². The first-order valence-corrected chi connectivity index (χ1v) is 5.67. The van der Waals surface area contributed by atoms with E-state index in [1.807, 2.05) is 0 Å². The van der Waals surface area contributed by atoms with Crippen molar-refractivity contribution in [3.63, 3.8) is 0 Å². The molecule has 4 nitrogen and oxygen atoms in total. The van der Waals surface area contributed by atoms with E-state index in [0.29, 0.717) is 19.5 Å². The summed E-state index contributed by atoms with van der Waals surface area (Å²) in [6.07, 6.45) is 4.52. The molecule has 1 fully saturated rings. The highest BCUT2D eigenvalue weighted by atomic mass is 16.3. The van der Waals surface area contributed by atoms with Crippen LogP contribution >= 0.6 is 0 Å². The Hall–Kier alpha value is -0.610. The van der Waals surface area contributed by atoms with E-state index in [1.54, 1.807) is 19.0 Å². The second-order valence-electron chi connectivity index (χ2n) is 4.65. The number of nitrogens with one attached hydrogen (secondary N) is 1. The van der Waals surface area contributed by atoms with Crippen LogP contribution in [0.15, 0.2) is 0 Å². The predicted molar refractivity (Wildman–Crippen MR) is 59.6 cm³/mol. The summed E-state index contributed by atoms with van der Waals surface area (Å²) in [6, 6.07) is 0. The van der Waals surface area contributed by atoms with Gasteiger partial charge in [0.2, 0.25) is 5.91 Å². The van der Waals surface area contributed by atoms with Gasteiger partial charge in [-0.2, -0.15) is 0 Å². The number of aliphatic hydroxyl groups is 1. The number of nitrogens with zero attached hydrogens (tertiary/aromatic N) is 1. The summed E-state index contributed by atoms with van der Waals surface area (Å²) in [6.45, 7) is 1.27. The molecule has 0 spiro atoms. The summed E-state index contributed by atoms with van der Waals surface area (Å²) < 4.78 is 0. The van der Waals surface area contributed by atoms with Crippen molar-refractivity contribution in [2.45, 2.75) is 37.7 Å². The first-order chi connectivity index (χ1) is 7.03. The topological polar surface area (TPSA) is 52.6 Å². The van der Waals surface area contributed by atoms with Gasteiger partial charge in [-0.15, -0.1) is 0 Å². The van der Waals surface area contributed by atoms with Crippen LogP contribution in [0.1, 0.15) is 32.1 Å². The highest BCUT2D eigenvalue weighted by molar-refractivity contribution is 5.75. The SMILES string of the molecule is CN(C)C(=O)CCNCC1(O)CCCC1. The van der Waals surface area contributed by atoms with Gasteiger partial charge >= 0.3 is 0 Å². The average molecular weight is 214 g/mol. The van der Waals surface area contributed by atoms with E-state index in [2.05, 4.69) is 5.32 Å². The summed E-state index contributed by atoms with van der Waals surface area (Å²) in [5.41, 5.74) is -0.513. The molecular weight excluding hydrogens is 192 g/mol. The van der Waals surface area contributed by atoms with Gasteiger partial charge in [-0.1, -0.05) is 12.8 Å². The normalized spacial score (nSPS) is 19.1. The molecule has 0 aliphatic heterocycles. The van der Waals surface area contributed by atoms with E-state index >= 15 is 0 Å². The van der Waals surface area contributed by atoms with Crippen LogP contribution in [0, 0.1) is 0 Å². The lowest BCUT2D eigenvalue weighted by Gasteiger charge is -2.22. The third-order valence-corrected chi connectivity index (χ3v) is 3.00. The predicted octanol–water partition coefficient (Wildman–Crippen LogP) is 0.359. The molecule has 0 radical (unpaired) electrons. The van der Waals surface area contributed by atoms with Crippen LogP contribution in [0.3, 0.4) is 0 Å². The molecule has 88 valence electrons. The Morgan fingerprint density at radius 1 is 1.40 bits per heavy atom. The van der Waals surface area contributed by atoms with Gasteiger partial charge in [0.25, 0.3) is 0 Å². The molecule has 1 rings (SSSR count). The minimum Gasteiger partial charge on any atom is -0.389 e. The molecule has 0 unspecified atom stereocenters. The van der Waals surface area contributed by atoms with Crippen LogP contribution in [-0.2, 0) is 4.79 Å². The Bertz CT molecular complexity index is 211. The number of carbonyl (C=O) groups is 1. The molecule has 15 heavy (non-hydrogen) atoms. The molecule has 0 aromatic carbocycles. The van der Waals surface area contributed by atoms with E-state index < -0.39 is 5.60 Å². The van der Waals surface area contributed by atoms with Crippen LogP contribution in [0.4, 0.5) is 0 Å². The number of hydrogen-bond donors (Lipinski definition) is 2. The minimum absolute atomic E-state index is 0.126. The zero-order valence-electron chi connectivity index (χ0n) is 9.75. The fourth-order valence-corrected chi connectivity index (χ4v) is 1.95. The Morgan fingerprint density at radius 3 is 2.53 bits per heavy atom. The van der Waals surface area contributed by atoms with Crippen molar-refractivity contribution in [3.05, 3.63) is 0 Å². The van der Waals surface area contributed by atoms with Crippen LogP contribution in [0.2, 0.25) is 0 Å². The van der Waals surface area contributed by atoms with Crippen molar-refractivity contribution < 1.29 is 9.90 Å². The van der Waals surface area contributed by atoms with Crippen LogP contribution in [0.25, 0.3) is 0 Å². The van der Waals surface area contributed by atoms with Gasteiger partial charge in [0.1, 0.15) is 0 Å². The molecule has 0 saturated heterocycles. The van der Waals surface area contributed by atoms with E-state index in [4.69, 9.17) is 0 Å². The lowest BCUT2D eigenvalue weighted by molar-refractivity contribution is -0.128. The largest absolute Gasteiger partial charge is 0.389 e. The molecule has 0 aromatic rings. The quantitative estimate of drug-likeness (QED) is 0.650. The van der Waals surface area contributed by atoms with Crippen LogP contribution in [0.5, 0.6) is 0 Å². The Kier molecular flexibility index (Phi) is 4.54. The second kappa shape index (κ2) is 5.47. The van der Waals surface area contributed by atoms with Crippen molar-refractivity contribution in [1.82, 2.24) is 10.2 Å². The van der Waals surface area contributed by atoms with Crippen LogP contribution in [-0.4, -0.2) is 48.7 Å². The third kappa shape index (κ3) is 4.18. The molecule has 4 heteroatoms. The van der Waals surface area contributed by atoms with Crippen molar-refractivity contribution >= 4 is 5.91 Å². The fourth-order valence-electron chi connectivity index (χ4n) is 1.95. The molecule has 1 saturated carbocycles. The van der Waals surface area contributed by atoms with Gasteiger partial charge in [-0.05, 0) is 12.8 Å². The summed E-state index contributed by atoms with van der Waals surface area (Å²) in [7, 11) is 3.51. The van der Waals surface area contributed by atoms with Gasteiger partial charge in [-0.3, -0.25) is 4.79 Å². The van der Waals surface area contributed by atoms with Gasteiger partial charge in [0.15, 0.2) is 0 Å². The Labute approximate surface area is 91.6 Å². The van der Waals surface area contributed by atoms with E-state index in [0.717, 1.165) is 25.7 Å². The highest BCUT2D eigenvalue weighted by Gasteiger charge is 2.30. The molecule has 0 heterocycles. The second-order valence-corrected chi connectivity index (χ2v) is 4.65. The molecular formula is C11H22N2O2. The average Bonchev–Trinajstić information content (AvgIpc) is 2.60. The van der Waals surface area contributed by atoms with Crippen LogP contribution < -0.4 is 5.32 Å². The molecule has 1 aliphatic rings. The van der Waals surface area contributed by atoms with Crippen molar-refractivity contribution in [3.8, 4) is 0 Å². The lowest BCUT2D eigenvalue weighted by Crippen LogP contribution is -2.39. The maximum Gasteiger partial charge on any atom is 0.223 e. The molecule has 1 amide bonds. The maximum absolute atomic E-state index is 11.2. The summed E-state index contributed by atoms with van der Waals surface area (Å²) in [5, 5.41) is 13.2. The summed E-state index contributed by atoms with van der Waals surface area (Å²) in [4.78, 5) is 12.8. The molecule has 0 aromatic heterocycles. The number of rotatable bonds is 5. The van der Waals surface area contributed by atoms with Crippen molar-refractivity contribution in [2.24, 2.45) is 0 Å². The van der Waals surface area contributed by atoms with Gasteiger partial charge < -0.3 is 15.3 Å². The number of hydrogen-bond acceptors (Lipinski definition) is 3. The number of carbonyl (C=O) groups excluding carboxylic acids is 1. The monoisotopic (exact) mass is 214 g/mol. The van der Waals surface area contributed by atoms with E-state index in [9.17, 15) is 9.90 Å².